The highest BCUT2D eigenvalue weighted by atomic mass is 16.5. The van der Waals surface area contributed by atoms with Crippen LogP contribution >= 0.6 is 0 Å². The normalized spacial score (nSPS) is 17.1. The molecule has 1 fully saturated rings. The minimum Gasteiger partial charge on any atom is -0.461 e. The molecule has 0 saturated heterocycles. The number of carbonyl (C=O) groups is 3. The summed E-state index contributed by atoms with van der Waals surface area (Å²) in [4.78, 5) is 39.1. The van der Waals surface area contributed by atoms with E-state index in [0.29, 0.717) is 0 Å². The molecule has 2 atom stereocenters. The predicted octanol–water partition coefficient (Wildman–Crippen LogP) is 1.67. The lowest BCUT2D eigenvalue weighted by Crippen LogP contribution is -2.49. The van der Waals surface area contributed by atoms with Crippen molar-refractivity contribution in [3.8, 4) is 0 Å². The monoisotopic (exact) mass is 367 g/mol. The minimum atomic E-state index is -0.956. The lowest BCUT2D eigenvalue weighted by Gasteiger charge is -2.29. The Balaban J connectivity index is 2.76. The van der Waals surface area contributed by atoms with Gasteiger partial charge in [0.05, 0.1) is 6.10 Å². The Morgan fingerprint density at radius 1 is 1.23 bits per heavy atom. The van der Waals surface area contributed by atoms with Gasteiger partial charge in [-0.1, -0.05) is 19.3 Å². The Morgan fingerprint density at radius 2 is 1.88 bits per heavy atom. The van der Waals surface area contributed by atoms with Crippen molar-refractivity contribution in [1.29, 1.82) is 0 Å². The van der Waals surface area contributed by atoms with Crippen molar-refractivity contribution >= 4 is 23.9 Å². The second-order valence-electron chi connectivity index (χ2n) is 6.85. The SMILES string of the molecule is CO[C@H](C(=O)N[C@@H](CCC(=O)C=[N+]=[N-])C(=O)OC(C)C)C1CCCCC1. The third-order valence-corrected chi connectivity index (χ3v) is 4.42. The lowest BCUT2D eigenvalue weighted by molar-refractivity contribution is -0.153. The summed E-state index contributed by atoms with van der Waals surface area (Å²) in [6.07, 6.45) is 4.92. The molecule has 1 aliphatic rings. The summed E-state index contributed by atoms with van der Waals surface area (Å²) in [5.41, 5.74) is 8.40. The van der Waals surface area contributed by atoms with Crippen LogP contribution in [0.1, 0.15) is 58.8 Å². The largest absolute Gasteiger partial charge is 0.461 e. The molecule has 0 aromatic rings. The van der Waals surface area contributed by atoms with Gasteiger partial charge in [0, 0.05) is 13.5 Å². The molecular formula is C18H29N3O5. The zero-order valence-electron chi connectivity index (χ0n) is 15.8. The molecule has 0 aliphatic heterocycles. The van der Waals surface area contributed by atoms with Gasteiger partial charge in [-0.3, -0.25) is 9.59 Å². The van der Waals surface area contributed by atoms with Crippen molar-refractivity contribution in [1.82, 2.24) is 5.32 Å². The van der Waals surface area contributed by atoms with Crippen molar-refractivity contribution in [2.45, 2.75) is 77.0 Å². The summed E-state index contributed by atoms with van der Waals surface area (Å²) in [7, 11) is 1.49. The molecule has 0 spiro atoms. The van der Waals surface area contributed by atoms with E-state index in [-0.39, 0.29) is 30.8 Å². The van der Waals surface area contributed by atoms with Crippen LogP contribution in [0.4, 0.5) is 0 Å². The lowest BCUT2D eigenvalue weighted by atomic mass is 9.84. The first kappa shape index (κ1) is 22.0. The molecule has 0 aromatic carbocycles. The highest BCUT2D eigenvalue weighted by molar-refractivity contribution is 6.25. The third-order valence-electron chi connectivity index (χ3n) is 4.42. The average Bonchev–Trinajstić information content (AvgIpc) is 2.59. The van der Waals surface area contributed by atoms with Crippen molar-refractivity contribution in [2.24, 2.45) is 5.92 Å². The molecule has 1 aliphatic carbocycles. The van der Waals surface area contributed by atoms with Gasteiger partial charge in [0.25, 0.3) is 0 Å². The van der Waals surface area contributed by atoms with Crippen molar-refractivity contribution in [3.05, 3.63) is 5.53 Å². The maximum absolute atomic E-state index is 12.6. The van der Waals surface area contributed by atoms with Crippen molar-refractivity contribution in [2.75, 3.05) is 7.11 Å². The predicted molar refractivity (Wildman–Crippen MR) is 94.5 cm³/mol. The van der Waals surface area contributed by atoms with Gasteiger partial charge in [0.1, 0.15) is 12.1 Å². The summed E-state index contributed by atoms with van der Waals surface area (Å²) >= 11 is 0. The first-order chi connectivity index (χ1) is 12.4. The van der Waals surface area contributed by atoms with Gasteiger partial charge in [-0.25, -0.2) is 4.79 Å². The van der Waals surface area contributed by atoms with E-state index in [1.165, 1.54) is 7.11 Å². The fourth-order valence-corrected chi connectivity index (χ4v) is 3.18. The molecule has 0 heterocycles. The maximum atomic E-state index is 12.6. The van der Waals surface area contributed by atoms with Crippen LogP contribution in [0, 0.1) is 5.92 Å². The highest BCUT2D eigenvalue weighted by Gasteiger charge is 2.33. The summed E-state index contributed by atoms with van der Waals surface area (Å²) in [5, 5.41) is 2.67. The topological polar surface area (TPSA) is 118 Å². The van der Waals surface area contributed by atoms with Crippen LogP contribution in [-0.2, 0) is 23.9 Å². The Labute approximate surface area is 154 Å². The van der Waals surface area contributed by atoms with Gasteiger partial charge >= 0.3 is 12.2 Å². The van der Waals surface area contributed by atoms with E-state index in [1.54, 1.807) is 13.8 Å². The van der Waals surface area contributed by atoms with Gasteiger partial charge in [0.2, 0.25) is 11.7 Å². The Morgan fingerprint density at radius 3 is 2.42 bits per heavy atom. The molecule has 146 valence electrons. The van der Waals surface area contributed by atoms with E-state index < -0.39 is 23.9 Å². The van der Waals surface area contributed by atoms with E-state index in [9.17, 15) is 14.4 Å². The van der Waals surface area contributed by atoms with Gasteiger partial charge in [-0.2, -0.15) is 4.79 Å². The molecular weight excluding hydrogens is 338 g/mol. The van der Waals surface area contributed by atoms with E-state index >= 15 is 0 Å². The van der Waals surface area contributed by atoms with E-state index in [1.807, 2.05) is 0 Å². The smallest absolute Gasteiger partial charge is 0.328 e. The fraction of sp³-hybridized carbons (Fsp3) is 0.778. The van der Waals surface area contributed by atoms with Crippen LogP contribution in [0.2, 0.25) is 0 Å². The first-order valence-corrected chi connectivity index (χ1v) is 9.13. The number of esters is 1. The number of rotatable bonds is 10. The highest BCUT2D eigenvalue weighted by Crippen LogP contribution is 2.28. The molecule has 1 amide bonds. The summed E-state index contributed by atoms with van der Waals surface area (Å²) in [6.45, 7) is 3.42. The number of ketones is 1. The van der Waals surface area contributed by atoms with Crippen LogP contribution in [0.15, 0.2) is 0 Å². The number of ether oxygens (including phenoxy) is 2. The van der Waals surface area contributed by atoms with Crippen LogP contribution in [0.25, 0.3) is 5.53 Å². The molecule has 0 aromatic heterocycles. The van der Waals surface area contributed by atoms with E-state index in [0.717, 1.165) is 38.3 Å². The maximum Gasteiger partial charge on any atom is 0.328 e. The molecule has 0 bridgehead atoms. The quantitative estimate of drug-likeness (QED) is 0.273. The number of methoxy groups -OCH3 is 1. The van der Waals surface area contributed by atoms with Crippen LogP contribution in [0.5, 0.6) is 0 Å². The van der Waals surface area contributed by atoms with Crippen LogP contribution in [-0.4, -0.2) is 54.0 Å². The van der Waals surface area contributed by atoms with Gasteiger partial charge in [-0.05, 0) is 39.0 Å². The van der Waals surface area contributed by atoms with E-state index in [2.05, 4.69) is 10.1 Å². The summed E-state index contributed by atoms with van der Waals surface area (Å²) < 4.78 is 10.6. The Hall–Kier alpha value is -2.05. The molecule has 8 nitrogen and oxygen atoms in total. The fourth-order valence-electron chi connectivity index (χ4n) is 3.18. The molecule has 26 heavy (non-hydrogen) atoms. The number of Topliss-reactive ketones (excluding diaryl/α,β-unsaturated/α-hetero) is 1. The second-order valence-corrected chi connectivity index (χ2v) is 6.85. The van der Waals surface area contributed by atoms with E-state index in [4.69, 9.17) is 15.0 Å². The minimum absolute atomic E-state index is 0.0523. The van der Waals surface area contributed by atoms with Crippen molar-refractivity contribution in [3.63, 3.8) is 0 Å². The van der Waals surface area contributed by atoms with Crippen LogP contribution in [0.3, 0.4) is 0 Å². The Kier molecular flexibility index (Phi) is 9.76. The second kappa shape index (κ2) is 11.5. The molecule has 1 rings (SSSR count). The number of nitrogens with zero attached hydrogens (tertiary/aromatic N) is 2. The number of hydrogen-bond donors (Lipinski definition) is 1. The molecule has 1 saturated carbocycles. The zero-order chi connectivity index (χ0) is 19.5. The molecule has 1 N–H and O–H groups in total. The zero-order valence-corrected chi connectivity index (χ0v) is 15.8. The number of hydrogen-bond acceptors (Lipinski definition) is 5. The Bertz CT molecular complexity index is 537. The molecule has 8 heteroatoms. The van der Waals surface area contributed by atoms with Crippen molar-refractivity contribution < 1.29 is 28.6 Å². The van der Waals surface area contributed by atoms with Gasteiger partial charge in [0.15, 0.2) is 0 Å². The summed E-state index contributed by atoms with van der Waals surface area (Å²) in [5.74, 6) is -1.28. The molecule has 0 unspecified atom stereocenters. The number of nitrogens with one attached hydrogen (secondary N) is 1. The third kappa shape index (κ3) is 7.45. The first-order valence-electron chi connectivity index (χ1n) is 9.13. The van der Waals surface area contributed by atoms with Gasteiger partial charge in [-0.15, -0.1) is 0 Å². The number of carbonyl (C=O) groups excluding carboxylic acids is 3. The van der Waals surface area contributed by atoms with Gasteiger partial charge < -0.3 is 20.3 Å². The summed E-state index contributed by atoms with van der Waals surface area (Å²) in [6, 6.07) is -0.956. The molecule has 0 radical (unpaired) electrons. The van der Waals surface area contributed by atoms with Crippen LogP contribution < -0.4 is 5.32 Å². The average molecular weight is 367 g/mol. The number of amides is 1. The standard InChI is InChI=1S/C18H29N3O5/c1-12(2)26-18(24)15(10-9-14(22)11-20-19)21-17(23)16(25-3)13-7-5-4-6-8-13/h11-13,15-16H,4-10H2,1-3H3,(H,21,23)/t15-,16-/m0/s1.